The Balaban J connectivity index is 2.20. The van der Waals surface area contributed by atoms with Crippen LogP contribution in [0.15, 0.2) is 23.1 Å². The molecule has 0 amide bonds. The fraction of sp³-hybridized carbons (Fsp3) is 0.538. The lowest BCUT2D eigenvalue weighted by Crippen LogP contribution is -2.40. The highest BCUT2D eigenvalue weighted by molar-refractivity contribution is 7.89. The molecule has 0 saturated carbocycles. The quantitative estimate of drug-likeness (QED) is 0.831. The van der Waals surface area contributed by atoms with Gasteiger partial charge in [0.05, 0.1) is 11.1 Å². The molecular formula is C13H19ClN2O3S. The zero-order chi connectivity index (χ0) is 14.9. The van der Waals surface area contributed by atoms with Crippen molar-refractivity contribution >= 4 is 27.3 Å². The third-order valence-electron chi connectivity index (χ3n) is 3.75. The summed E-state index contributed by atoms with van der Waals surface area (Å²) in [7, 11) is -3.59. The lowest BCUT2D eigenvalue weighted by atomic mass is 9.93. The topological polar surface area (TPSA) is 83.6 Å². The highest BCUT2D eigenvalue weighted by Crippen LogP contribution is 2.30. The molecule has 1 unspecified atom stereocenters. The monoisotopic (exact) mass is 318 g/mol. The van der Waals surface area contributed by atoms with Crippen LogP contribution >= 0.6 is 11.6 Å². The van der Waals surface area contributed by atoms with Gasteiger partial charge in [-0.15, -0.1) is 0 Å². The number of hydrogen-bond donors (Lipinski definition) is 2. The zero-order valence-corrected chi connectivity index (χ0v) is 12.9. The summed E-state index contributed by atoms with van der Waals surface area (Å²) in [5.41, 5.74) is 6.01. The number of hydrogen-bond acceptors (Lipinski definition) is 4. The third kappa shape index (κ3) is 3.09. The third-order valence-corrected chi connectivity index (χ3v) is 6.14. The number of benzene rings is 1. The van der Waals surface area contributed by atoms with E-state index >= 15 is 0 Å². The molecule has 1 aliphatic heterocycles. The van der Waals surface area contributed by atoms with Crippen molar-refractivity contribution in [3.63, 3.8) is 0 Å². The molecule has 112 valence electrons. The summed E-state index contributed by atoms with van der Waals surface area (Å²) in [6.45, 7) is 2.54. The standard InChI is InChI=1S/C13H19ClN2O3S/c1-9(17)10-4-6-16(7-5-10)20(18,19)13-3-2-11(15)8-12(13)14/h2-3,8-10,17H,4-7,15H2,1H3. The van der Waals surface area contributed by atoms with Crippen LogP contribution in [0.2, 0.25) is 5.02 Å². The number of rotatable bonds is 3. The minimum absolute atomic E-state index is 0.0869. The smallest absolute Gasteiger partial charge is 0.244 e. The number of piperidine rings is 1. The Hall–Kier alpha value is -0.820. The van der Waals surface area contributed by atoms with Crippen molar-refractivity contribution in [2.45, 2.75) is 30.8 Å². The van der Waals surface area contributed by atoms with Crippen LogP contribution < -0.4 is 5.73 Å². The molecule has 0 aromatic heterocycles. The van der Waals surface area contributed by atoms with Gasteiger partial charge in [0.25, 0.3) is 0 Å². The van der Waals surface area contributed by atoms with Crippen LogP contribution in [0.4, 0.5) is 5.69 Å². The second-order valence-corrected chi connectivity index (χ2v) is 7.49. The van der Waals surface area contributed by atoms with Gasteiger partial charge in [-0.25, -0.2) is 8.42 Å². The molecule has 0 radical (unpaired) electrons. The van der Waals surface area contributed by atoms with Crippen molar-refractivity contribution < 1.29 is 13.5 Å². The highest BCUT2D eigenvalue weighted by Gasteiger charge is 2.32. The molecule has 1 saturated heterocycles. The maximum absolute atomic E-state index is 12.5. The SMILES string of the molecule is CC(O)C1CCN(S(=O)(=O)c2ccc(N)cc2Cl)CC1. The Bertz CT molecular complexity index is 581. The van der Waals surface area contributed by atoms with E-state index in [1.54, 1.807) is 6.92 Å². The molecule has 1 aromatic rings. The predicted molar refractivity (Wildman–Crippen MR) is 79.0 cm³/mol. The van der Waals surface area contributed by atoms with Crippen LogP contribution in [0.5, 0.6) is 0 Å². The van der Waals surface area contributed by atoms with E-state index in [2.05, 4.69) is 0 Å². The zero-order valence-electron chi connectivity index (χ0n) is 11.3. The number of sulfonamides is 1. The molecule has 20 heavy (non-hydrogen) atoms. The molecule has 1 aliphatic rings. The van der Waals surface area contributed by atoms with Crippen molar-refractivity contribution in [2.24, 2.45) is 5.92 Å². The summed E-state index contributed by atoms with van der Waals surface area (Å²) in [5.74, 6) is 0.156. The summed E-state index contributed by atoms with van der Waals surface area (Å²) in [4.78, 5) is 0.0869. The minimum Gasteiger partial charge on any atom is -0.399 e. The van der Waals surface area contributed by atoms with Crippen molar-refractivity contribution in [1.29, 1.82) is 0 Å². The number of nitrogens with two attached hydrogens (primary N) is 1. The molecular weight excluding hydrogens is 300 g/mol. The van der Waals surface area contributed by atoms with E-state index in [0.717, 1.165) is 0 Å². The van der Waals surface area contributed by atoms with Crippen molar-refractivity contribution in [1.82, 2.24) is 4.31 Å². The summed E-state index contributed by atoms with van der Waals surface area (Å²) >= 11 is 5.99. The van der Waals surface area contributed by atoms with Gasteiger partial charge in [-0.3, -0.25) is 0 Å². The maximum atomic E-state index is 12.5. The summed E-state index contributed by atoms with van der Waals surface area (Å²) in [6, 6.07) is 4.41. The molecule has 0 bridgehead atoms. The predicted octanol–water partition coefficient (Wildman–Crippen LogP) is 1.70. The Morgan fingerprint density at radius 1 is 1.40 bits per heavy atom. The van der Waals surface area contributed by atoms with Gasteiger partial charge >= 0.3 is 0 Å². The van der Waals surface area contributed by atoms with E-state index in [0.29, 0.717) is 31.6 Å². The van der Waals surface area contributed by atoms with Gasteiger partial charge in [0, 0.05) is 18.8 Å². The van der Waals surface area contributed by atoms with Gasteiger partial charge in [-0.05, 0) is 43.9 Å². The van der Waals surface area contributed by atoms with E-state index in [-0.39, 0.29) is 15.8 Å². The van der Waals surface area contributed by atoms with Gasteiger partial charge in [0.15, 0.2) is 0 Å². The lowest BCUT2D eigenvalue weighted by molar-refractivity contribution is 0.0912. The molecule has 1 atom stereocenters. The number of nitrogens with zero attached hydrogens (tertiary/aromatic N) is 1. The summed E-state index contributed by atoms with van der Waals surface area (Å²) < 4.78 is 26.5. The first kappa shape index (κ1) is 15.6. The van der Waals surface area contributed by atoms with Crippen molar-refractivity contribution in [3.05, 3.63) is 23.2 Å². The van der Waals surface area contributed by atoms with E-state index in [4.69, 9.17) is 17.3 Å². The first-order chi connectivity index (χ1) is 9.32. The van der Waals surface area contributed by atoms with Gasteiger partial charge in [-0.2, -0.15) is 4.31 Å². The van der Waals surface area contributed by atoms with E-state index in [1.165, 1.54) is 22.5 Å². The van der Waals surface area contributed by atoms with E-state index < -0.39 is 16.1 Å². The van der Waals surface area contributed by atoms with Gasteiger partial charge in [0.1, 0.15) is 4.90 Å². The largest absolute Gasteiger partial charge is 0.399 e. The van der Waals surface area contributed by atoms with E-state index in [9.17, 15) is 13.5 Å². The Labute approximate surface area is 124 Å². The van der Waals surface area contributed by atoms with Gasteiger partial charge in [0.2, 0.25) is 10.0 Å². The summed E-state index contributed by atoms with van der Waals surface area (Å²) in [5, 5.41) is 9.70. The first-order valence-electron chi connectivity index (χ1n) is 6.55. The summed E-state index contributed by atoms with van der Waals surface area (Å²) in [6.07, 6.45) is 0.910. The van der Waals surface area contributed by atoms with Crippen LogP contribution in [0.25, 0.3) is 0 Å². The van der Waals surface area contributed by atoms with Crippen LogP contribution in [0.3, 0.4) is 0 Å². The Kier molecular flexibility index (Phi) is 4.59. The molecule has 1 fully saturated rings. The number of aliphatic hydroxyl groups is 1. The van der Waals surface area contributed by atoms with Crippen LogP contribution in [0, 0.1) is 5.92 Å². The second-order valence-electron chi connectivity index (χ2n) is 5.17. The average molecular weight is 319 g/mol. The first-order valence-corrected chi connectivity index (χ1v) is 8.37. The Morgan fingerprint density at radius 3 is 2.50 bits per heavy atom. The number of halogens is 1. The van der Waals surface area contributed by atoms with Crippen LogP contribution in [0.1, 0.15) is 19.8 Å². The normalized spacial score (nSPS) is 19.9. The van der Waals surface area contributed by atoms with Crippen molar-refractivity contribution in [2.75, 3.05) is 18.8 Å². The molecule has 1 aromatic carbocycles. The van der Waals surface area contributed by atoms with E-state index in [1.807, 2.05) is 0 Å². The molecule has 1 heterocycles. The molecule has 0 aliphatic carbocycles. The van der Waals surface area contributed by atoms with Crippen LogP contribution in [-0.4, -0.2) is 37.0 Å². The Morgan fingerprint density at radius 2 is 2.00 bits per heavy atom. The molecule has 5 nitrogen and oxygen atoms in total. The average Bonchev–Trinajstić information content (AvgIpc) is 2.38. The highest BCUT2D eigenvalue weighted by atomic mass is 35.5. The minimum atomic E-state index is -3.59. The van der Waals surface area contributed by atoms with Gasteiger partial charge in [-0.1, -0.05) is 11.6 Å². The molecule has 2 rings (SSSR count). The fourth-order valence-electron chi connectivity index (χ4n) is 2.46. The maximum Gasteiger partial charge on any atom is 0.244 e. The number of anilines is 1. The van der Waals surface area contributed by atoms with Crippen molar-refractivity contribution in [3.8, 4) is 0 Å². The molecule has 0 spiro atoms. The van der Waals surface area contributed by atoms with Gasteiger partial charge < -0.3 is 10.8 Å². The fourth-order valence-corrected chi connectivity index (χ4v) is 4.46. The second kappa shape index (κ2) is 5.89. The van der Waals surface area contributed by atoms with Crippen LogP contribution in [-0.2, 0) is 10.0 Å². The lowest BCUT2D eigenvalue weighted by Gasteiger charge is -2.32. The number of aliphatic hydroxyl groups excluding tert-OH is 1. The molecule has 7 heteroatoms. The molecule has 3 N–H and O–H groups in total. The number of nitrogen functional groups attached to an aromatic ring is 1.